The standard InChI is InChI=1S/C10H12N8O/c19-10-17-16-9-4-8(13-6-18(9)10)11-3-1-2-7-12-5-14-15-7/h4-6,11H,1-3H2,(H,17,19)(H,12,14,15). The molecule has 98 valence electrons. The quantitative estimate of drug-likeness (QED) is 0.536. The minimum atomic E-state index is -0.292. The van der Waals surface area contributed by atoms with E-state index in [9.17, 15) is 4.79 Å². The van der Waals surface area contributed by atoms with Crippen molar-refractivity contribution in [2.24, 2.45) is 0 Å². The monoisotopic (exact) mass is 260 g/mol. The highest BCUT2D eigenvalue weighted by molar-refractivity contribution is 5.48. The molecule has 3 aromatic rings. The van der Waals surface area contributed by atoms with Crippen LogP contribution in [0.15, 0.2) is 23.5 Å². The Labute approximate surface area is 107 Å². The van der Waals surface area contributed by atoms with Crippen molar-refractivity contribution in [3.05, 3.63) is 35.0 Å². The summed E-state index contributed by atoms with van der Waals surface area (Å²) in [5, 5.41) is 16.0. The zero-order valence-corrected chi connectivity index (χ0v) is 10.00. The molecule has 0 aliphatic heterocycles. The molecule has 0 bridgehead atoms. The van der Waals surface area contributed by atoms with Crippen molar-refractivity contribution in [2.75, 3.05) is 11.9 Å². The lowest BCUT2D eigenvalue weighted by Crippen LogP contribution is -2.11. The molecule has 0 fully saturated rings. The van der Waals surface area contributed by atoms with E-state index in [1.807, 2.05) is 0 Å². The van der Waals surface area contributed by atoms with Gasteiger partial charge in [-0.25, -0.2) is 24.3 Å². The molecule has 0 saturated heterocycles. The van der Waals surface area contributed by atoms with Gasteiger partial charge in [0.1, 0.15) is 24.3 Å². The van der Waals surface area contributed by atoms with Crippen LogP contribution in [-0.2, 0) is 6.42 Å². The molecule has 0 aliphatic rings. The van der Waals surface area contributed by atoms with Crippen LogP contribution in [0.1, 0.15) is 12.2 Å². The van der Waals surface area contributed by atoms with Crippen molar-refractivity contribution in [3.63, 3.8) is 0 Å². The van der Waals surface area contributed by atoms with Crippen molar-refractivity contribution >= 4 is 11.5 Å². The van der Waals surface area contributed by atoms with E-state index in [0.717, 1.165) is 25.2 Å². The van der Waals surface area contributed by atoms with Crippen LogP contribution in [0, 0.1) is 0 Å². The first-order valence-electron chi connectivity index (χ1n) is 5.84. The first-order valence-corrected chi connectivity index (χ1v) is 5.84. The maximum atomic E-state index is 11.2. The largest absolute Gasteiger partial charge is 0.370 e. The highest BCUT2D eigenvalue weighted by Gasteiger charge is 2.02. The Bertz CT molecular complexity index is 713. The van der Waals surface area contributed by atoms with E-state index in [4.69, 9.17) is 0 Å². The molecular formula is C10H12N8O. The Morgan fingerprint density at radius 1 is 1.32 bits per heavy atom. The molecule has 0 unspecified atom stereocenters. The first-order chi connectivity index (χ1) is 9.33. The Morgan fingerprint density at radius 3 is 3.11 bits per heavy atom. The summed E-state index contributed by atoms with van der Waals surface area (Å²) >= 11 is 0. The molecule has 19 heavy (non-hydrogen) atoms. The summed E-state index contributed by atoms with van der Waals surface area (Å²) in [7, 11) is 0. The predicted molar refractivity (Wildman–Crippen MR) is 66.8 cm³/mol. The molecule has 0 aliphatic carbocycles. The van der Waals surface area contributed by atoms with Gasteiger partial charge in [-0.05, 0) is 6.42 Å². The number of aryl methyl sites for hydroxylation is 1. The number of hydrogen-bond acceptors (Lipinski definition) is 6. The summed E-state index contributed by atoms with van der Waals surface area (Å²) in [6.45, 7) is 0.749. The first kappa shape index (κ1) is 11.4. The minimum absolute atomic E-state index is 0.292. The number of aromatic amines is 2. The van der Waals surface area contributed by atoms with E-state index >= 15 is 0 Å². The third-order valence-corrected chi connectivity index (χ3v) is 2.67. The number of H-pyrrole nitrogens is 2. The van der Waals surface area contributed by atoms with Crippen LogP contribution in [0.5, 0.6) is 0 Å². The van der Waals surface area contributed by atoms with Gasteiger partial charge in [0.2, 0.25) is 0 Å². The van der Waals surface area contributed by atoms with Crippen LogP contribution in [0.3, 0.4) is 0 Å². The van der Waals surface area contributed by atoms with Crippen molar-refractivity contribution < 1.29 is 0 Å². The van der Waals surface area contributed by atoms with E-state index in [1.165, 1.54) is 17.1 Å². The number of aromatic nitrogens is 7. The lowest BCUT2D eigenvalue weighted by Gasteiger charge is -2.04. The fourth-order valence-corrected chi connectivity index (χ4v) is 1.73. The maximum Gasteiger partial charge on any atom is 0.348 e. The molecule has 3 rings (SSSR count). The van der Waals surface area contributed by atoms with E-state index in [0.29, 0.717) is 11.5 Å². The Balaban J connectivity index is 1.58. The van der Waals surface area contributed by atoms with Crippen LogP contribution in [0.2, 0.25) is 0 Å². The molecule has 0 spiro atoms. The van der Waals surface area contributed by atoms with E-state index in [-0.39, 0.29) is 5.69 Å². The van der Waals surface area contributed by atoms with E-state index in [1.54, 1.807) is 6.07 Å². The highest BCUT2D eigenvalue weighted by Crippen LogP contribution is 2.04. The molecule has 9 nitrogen and oxygen atoms in total. The van der Waals surface area contributed by atoms with Crippen LogP contribution in [-0.4, -0.2) is 41.3 Å². The number of hydrogen-bond donors (Lipinski definition) is 3. The van der Waals surface area contributed by atoms with Crippen molar-refractivity contribution in [1.82, 2.24) is 34.8 Å². The summed E-state index contributed by atoms with van der Waals surface area (Å²) in [6.07, 6.45) is 4.65. The minimum Gasteiger partial charge on any atom is -0.370 e. The van der Waals surface area contributed by atoms with Gasteiger partial charge >= 0.3 is 5.69 Å². The van der Waals surface area contributed by atoms with E-state index in [2.05, 4.69) is 35.7 Å². The summed E-state index contributed by atoms with van der Waals surface area (Å²) in [5.41, 5.74) is 0.247. The molecule has 0 amide bonds. The van der Waals surface area contributed by atoms with Crippen LogP contribution in [0.4, 0.5) is 5.82 Å². The van der Waals surface area contributed by atoms with Crippen LogP contribution < -0.4 is 11.0 Å². The topological polar surface area (TPSA) is 117 Å². The zero-order chi connectivity index (χ0) is 13.1. The molecule has 0 radical (unpaired) electrons. The van der Waals surface area contributed by atoms with Crippen molar-refractivity contribution in [2.45, 2.75) is 12.8 Å². The Hall–Kier alpha value is -2.71. The molecule has 9 heteroatoms. The second-order valence-electron chi connectivity index (χ2n) is 3.99. The van der Waals surface area contributed by atoms with Crippen LogP contribution >= 0.6 is 0 Å². The van der Waals surface area contributed by atoms with Gasteiger partial charge in [-0.3, -0.25) is 5.10 Å². The van der Waals surface area contributed by atoms with Gasteiger partial charge in [0.25, 0.3) is 0 Å². The lowest BCUT2D eigenvalue weighted by atomic mass is 10.3. The molecule has 3 N–H and O–H groups in total. The zero-order valence-electron chi connectivity index (χ0n) is 10.00. The van der Waals surface area contributed by atoms with Gasteiger partial charge < -0.3 is 5.32 Å². The smallest absolute Gasteiger partial charge is 0.348 e. The average Bonchev–Trinajstić information content (AvgIpc) is 3.05. The fraction of sp³-hybridized carbons (Fsp3) is 0.300. The van der Waals surface area contributed by atoms with Gasteiger partial charge in [0, 0.05) is 19.0 Å². The predicted octanol–water partition coefficient (Wildman–Crippen LogP) is -0.420. The van der Waals surface area contributed by atoms with Crippen LogP contribution in [0.25, 0.3) is 5.65 Å². The summed E-state index contributed by atoms with van der Waals surface area (Å²) in [5.74, 6) is 1.55. The number of fused-ring (bicyclic) bond motifs is 1. The Kier molecular flexibility index (Phi) is 2.93. The molecule has 0 aromatic carbocycles. The number of rotatable bonds is 5. The maximum absolute atomic E-state index is 11.2. The van der Waals surface area contributed by atoms with Gasteiger partial charge in [-0.1, -0.05) is 0 Å². The van der Waals surface area contributed by atoms with Gasteiger partial charge in [-0.2, -0.15) is 10.2 Å². The summed E-state index contributed by atoms with van der Waals surface area (Å²) in [6, 6.07) is 1.71. The highest BCUT2D eigenvalue weighted by atomic mass is 16.1. The molecular weight excluding hydrogens is 248 g/mol. The second-order valence-corrected chi connectivity index (χ2v) is 3.99. The third-order valence-electron chi connectivity index (χ3n) is 2.67. The third kappa shape index (κ3) is 2.44. The molecule has 0 saturated carbocycles. The second kappa shape index (κ2) is 4.88. The van der Waals surface area contributed by atoms with Gasteiger partial charge in [0.05, 0.1) is 0 Å². The van der Waals surface area contributed by atoms with Gasteiger partial charge in [0.15, 0.2) is 5.65 Å². The summed E-state index contributed by atoms with van der Waals surface area (Å²) < 4.78 is 1.35. The molecule has 3 aromatic heterocycles. The average molecular weight is 260 g/mol. The van der Waals surface area contributed by atoms with Crippen molar-refractivity contribution in [3.8, 4) is 0 Å². The lowest BCUT2D eigenvalue weighted by molar-refractivity contribution is 0.803. The normalized spacial score (nSPS) is 10.9. The molecule has 3 heterocycles. The number of nitrogens with one attached hydrogen (secondary N) is 3. The summed E-state index contributed by atoms with van der Waals surface area (Å²) in [4.78, 5) is 19.4. The Morgan fingerprint density at radius 2 is 2.26 bits per heavy atom. The van der Waals surface area contributed by atoms with E-state index < -0.39 is 0 Å². The number of anilines is 1. The van der Waals surface area contributed by atoms with Gasteiger partial charge in [-0.15, -0.1) is 0 Å². The SMILES string of the molecule is O=c1[nH]nc2cc(NCCCc3ncn[nH]3)ncn12. The fourth-order valence-electron chi connectivity index (χ4n) is 1.73. The number of nitrogens with zero attached hydrogens (tertiary/aromatic N) is 5. The molecule has 0 atom stereocenters. The van der Waals surface area contributed by atoms with Crippen molar-refractivity contribution in [1.29, 1.82) is 0 Å².